The van der Waals surface area contributed by atoms with E-state index in [9.17, 15) is 0 Å². The zero-order valence-corrected chi connectivity index (χ0v) is 12.8. The normalized spacial score (nSPS) is 27.4. The van der Waals surface area contributed by atoms with Crippen LogP contribution in [0.1, 0.15) is 50.5 Å². The van der Waals surface area contributed by atoms with Gasteiger partial charge in [-0.3, -0.25) is 0 Å². The predicted octanol–water partition coefficient (Wildman–Crippen LogP) is 3.22. The molecule has 1 unspecified atom stereocenters. The van der Waals surface area contributed by atoms with Crippen LogP contribution in [-0.2, 0) is 11.3 Å². The van der Waals surface area contributed by atoms with Crippen molar-refractivity contribution in [2.75, 3.05) is 11.5 Å². The van der Waals surface area contributed by atoms with E-state index >= 15 is 0 Å². The standard InChI is InChI=1S/C18H26N2O/c19-13-14-2-4-15(5-3-14)20(16-6-7-16)17-8-11-21-18(12-17)9-1-10-18/h2-5,16-17H,1,6-13,19H2. The maximum absolute atomic E-state index is 6.11. The van der Waals surface area contributed by atoms with Gasteiger partial charge in [-0.2, -0.15) is 0 Å². The molecule has 0 bridgehead atoms. The summed E-state index contributed by atoms with van der Waals surface area (Å²) in [6.45, 7) is 1.57. The van der Waals surface area contributed by atoms with Gasteiger partial charge in [-0.05, 0) is 62.6 Å². The van der Waals surface area contributed by atoms with Gasteiger partial charge in [0, 0.05) is 30.9 Å². The first-order valence-corrected chi connectivity index (χ1v) is 8.51. The summed E-state index contributed by atoms with van der Waals surface area (Å²) in [5.41, 5.74) is 8.56. The molecule has 1 heterocycles. The van der Waals surface area contributed by atoms with Crippen molar-refractivity contribution >= 4 is 5.69 Å². The highest BCUT2D eigenvalue weighted by Crippen LogP contribution is 2.46. The summed E-state index contributed by atoms with van der Waals surface area (Å²) in [4.78, 5) is 2.70. The lowest BCUT2D eigenvalue weighted by Gasteiger charge is -2.50. The Kier molecular flexibility index (Phi) is 3.43. The average molecular weight is 286 g/mol. The molecule has 3 heteroatoms. The van der Waals surface area contributed by atoms with E-state index in [1.54, 1.807) is 0 Å². The van der Waals surface area contributed by atoms with Crippen LogP contribution >= 0.6 is 0 Å². The molecule has 1 aromatic carbocycles. The van der Waals surface area contributed by atoms with Crippen molar-refractivity contribution in [1.82, 2.24) is 0 Å². The van der Waals surface area contributed by atoms with Gasteiger partial charge in [-0.25, -0.2) is 0 Å². The van der Waals surface area contributed by atoms with Gasteiger partial charge in [0.25, 0.3) is 0 Å². The van der Waals surface area contributed by atoms with Crippen molar-refractivity contribution in [3.8, 4) is 0 Å². The Hall–Kier alpha value is -1.06. The van der Waals surface area contributed by atoms with Crippen LogP contribution in [0.3, 0.4) is 0 Å². The van der Waals surface area contributed by atoms with Crippen molar-refractivity contribution in [2.45, 2.75) is 69.2 Å². The zero-order valence-electron chi connectivity index (χ0n) is 12.8. The van der Waals surface area contributed by atoms with Gasteiger partial charge in [0.2, 0.25) is 0 Å². The van der Waals surface area contributed by atoms with Crippen molar-refractivity contribution in [2.24, 2.45) is 5.73 Å². The van der Waals surface area contributed by atoms with Crippen LogP contribution in [0.2, 0.25) is 0 Å². The van der Waals surface area contributed by atoms with Gasteiger partial charge < -0.3 is 15.4 Å². The lowest BCUT2D eigenvalue weighted by atomic mass is 9.73. The zero-order chi connectivity index (χ0) is 14.3. The van der Waals surface area contributed by atoms with E-state index in [1.165, 1.54) is 56.2 Å². The molecule has 114 valence electrons. The number of hydrogen-bond acceptors (Lipinski definition) is 3. The van der Waals surface area contributed by atoms with Crippen LogP contribution < -0.4 is 10.6 Å². The first kappa shape index (κ1) is 13.6. The third-order valence-electron chi connectivity index (χ3n) is 5.54. The van der Waals surface area contributed by atoms with Gasteiger partial charge in [-0.1, -0.05) is 12.1 Å². The van der Waals surface area contributed by atoms with E-state index in [4.69, 9.17) is 10.5 Å². The molecule has 21 heavy (non-hydrogen) atoms. The molecular weight excluding hydrogens is 260 g/mol. The van der Waals surface area contributed by atoms with Gasteiger partial charge in [0.1, 0.15) is 0 Å². The number of rotatable bonds is 4. The van der Waals surface area contributed by atoms with Crippen molar-refractivity contribution < 1.29 is 4.74 Å². The largest absolute Gasteiger partial charge is 0.375 e. The molecule has 1 saturated heterocycles. The number of nitrogens with two attached hydrogens (primary N) is 1. The Bertz CT molecular complexity index is 490. The maximum atomic E-state index is 6.11. The lowest BCUT2D eigenvalue weighted by molar-refractivity contribution is -0.132. The maximum Gasteiger partial charge on any atom is 0.0702 e. The highest BCUT2D eigenvalue weighted by molar-refractivity contribution is 5.51. The summed E-state index contributed by atoms with van der Waals surface area (Å²) in [5.74, 6) is 0. The van der Waals surface area contributed by atoms with Crippen LogP contribution in [0.15, 0.2) is 24.3 Å². The van der Waals surface area contributed by atoms with Crippen LogP contribution in [0.4, 0.5) is 5.69 Å². The fourth-order valence-corrected chi connectivity index (χ4v) is 4.04. The molecule has 3 nitrogen and oxygen atoms in total. The minimum absolute atomic E-state index is 0.229. The third-order valence-corrected chi connectivity index (χ3v) is 5.54. The lowest BCUT2D eigenvalue weighted by Crippen LogP contribution is -2.52. The first-order chi connectivity index (χ1) is 10.3. The second-order valence-corrected chi connectivity index (χ2v) is 7.04. The van der Waals surface area contributed by atoms with E-state index in [-0.39, 0.29) is 5.60 Å². The number of ether oxygens (including phenoxy) is 1. The van der Waals surface area contributed by atoms with Gasteiger partial charge in [0.05, 0.1) is 5.60 Å². The Morgan fingerprint density at radius 1 is 1.10 bits per heavy atom. The van der Waals surface area contributed by atoms with Crippen LogP contribution in [0, 0.1) is 0 Å². The fourth-order valence-electron chi connectivity index (χ4n) is 4.04. The highest BCUT2D eigenvalue weighted by atomic mass is 16.5. The molecule has 2 saturated carbocycles. The molecule has 2 aliphatic carbocycles. The van der Waals surface area contributed by atoms with Crippen LogP contribution in [0.5, 0.6) is 0 Å². The second-order valence-electron chi connectivity index (χ2n) is 7.04. The molecular formula is C18H26N2O. The van der Waals surface area contributed by atoms with Gasteiger partial charge in [0.15, 0.2) is 0 Å². The topological polar surface area (TPSA) is 38.5 Å². The minimum Gasteiger partial charge on any atom is -0.375 e. The molecule has 0 radical (unpaired) electrons. The minimum atomic E-state index is 0.229. The molecule has 1 spiro atoms. The highest BCUT2D eigenvalue weighted by Gasteiger charge is 2.46. The SMILES string of the molecule is NCc1ccc(N(C2CC2)C2CCOC3(CCC3)C2)cc1. The quantitative estimate of drug-likeness (QED) is 0.923. The molecule has 2 N–H and O–H groups in total. The van der Waals surface area contributed by atoms with E-state index in [2.05, 4.69) is 29.2 Å². The summed E-state index contributed by atoms with van der Waals surface area (Å²) in [6, 6.07) is 10.3. The van der Waals surface area contributed by atoms with E-state index < -0.39 is 0 Å². The van der Waals surface area contributed by atoms with E-state index in [0.29, 0.717) is 12.6 Å². The molecule has 3 aliphatic rings. The Labute approximate surface area is 127 Å². The van der Waals surface area contributed by atoms with Gasteiger partial charge in [-0.15, -0.1) is 0 Å². The predicted molar refractivity (Wildman–Crippen MR) is 85.4 cm³/mol. The fraction of sp³-hybridized carbons (Fsp3) is 0.667. The third kappa shape index (κ3) is 2.58. The second kappa shape index (κ2) is 5.29. The molecule has 1 aliphatic heterocycles. The first-order valence-electron chi connectivity index (χ1n) is 8.51. The number of nitrogens with zero attached hydrogens (tertiary/aromatic N) is 1. The van der Waals surface area contributed by atoms with E-state index in [1.807, 2.05) is 0 Å². The average Bonchev–Trinajstić information content (AvgIpc) is 3.32. The number of benzene rings is 1. The molecule has 0 aromatic heterocycles. The Balaban J connectivity index is 1.55. The molecule has 1 aromatic rings. The summed E-state index contributed by atoms with van der Waals surface area (Å²) >= 11 is 0. The summed E-state index contributed by atoms with van der Waals surface area (Å²) in [7, 11) is 0. The summed E-state index contributed by atoms with van der Waals surface area (Å²) in [6.07, 6.45) is 8.99. The summed E-state index contributed by atoms with van der Waals surface area (Å²) < 4.78 is 6.11. The van der Waals surface area contributed by atoms with Crippen LogP contribution in [-0.4, -0.2) is 24.3 Å². The van der Waals surface area contributed by atoms with Crippen molar-refractivity contribution in [3.63, 3.8) is 0 Å². The molecule has 1 atom stereocenters. The number of anilines is 1. The van der Waals surface area contributed by atoms with E-state index in [0.717, 1.165) is 12.6 Å². The summed E-state index contributed by atoms with van der Waals surface area (Å²) in [5, 5.41) is 0. The van der Waals surface area contributed by atoms with Gasteiger partial charge >= 0.3 is 0 Å². The smallest absolute Gasteiger partial charge is 0.0702 e. The molecule has 3 fully saturated rings. The monoisotopic (exact) mass is 286 g/mol. The Morgan fingerprint density at radius 3 is 2.43 bits per heavy atom. The Morgan fingerprint density at radius 2 is 1.86 bits per heavy atom. The van der Waals surface area contributed by atoms with Crippen LogP contribution in [0.25, 0.3) is 0 Å². The number of hydrogen-bond donors (Lipinski definition) is 1. The molecule has 4 rings (SSSR count). The molecule has 0 amide bonds. The van der Waals surface area contributed by atoms with Crippen molar-refractivity contribution in [1.29, 1.82) is 0 Å². The van der Waals surface area contributed by atoms with Crippen molar-refractivity contribution in [3.05, 3.63) is 29.8 Å².